The van der Waals surface area contributed by atoms with Crippen LogP contribution in [0.3, 0.4) is 0 Å². The molecule has 1 atom stereocenters. The number of hydrogen-bond acceptors (Lipinski definition) is 5. The minimum atomic E-state index is -0.414. The number of benzene rings is 2. The SMILES string of the molecule is CC(C)c1cc(I)ccc1NC(=O)CSc1nnc([C@@H](C)NC(=O)c2ccc(Cl)c(Cl)c2)n1C. The molecular weight excluding hydrogens is 608 g/mol. The molecule has 0 saturated heterocycles. The Morgan fingerprint density at radius 1 is 1.09 bits per heavy atom. The Labute approximate surface area is 226 Å². The molecule has 1 heterocycles. The maximum absolute atomic E-state index is 12.6. The summed E-state index contributed by atoms with van der Waals surface area (Å²) in [6.07, 6.45) is 0. The van der Waals surface area contributed by atoms with E-state index in [0.29, 0.717) is 32.5 Å². The average Bonchev–Trinajstić information content (AvgIpc) is 3.15. The van der Waals surface area contributed by atoms with Gasteiger partial charge in [0.05, 0.1) is 21.8 Å². The molecule has 3 aromatic rings. The van der Waals surface area contributed by atoms with Gasteiger partial charge in [-0.15, -0.1) is 10.2 Å². The first-order chi connectivity index (χ1) is 16.1. The Balaban J connectivity index is 1.61. The number of nitrogens with zero attached hydrogens (tertiary/aromatic N) is 3. The van der Waals surface area contributed by atoms with Crippen LogP contribution in [-0.2, 0) is 11.8 Å². The Bertz CT molecular complexity index is 1220. The first kappa shape index (κ1) is 26.8. The van der Waals surface area contributed by atoms with Gasteiger partial charge < -0.3 is 15.2 Å². The van der Waals surface area contributed by atoms with E-state index in [1.807, 2.05) is 19.1 Å². The molecule has 34 heavy (non-hydrogen) atoms. The number of carbonyl (C=O) groups excluding carboxylic acids is 2. The van der Waals surface area contributed by atoms with E-state index in [1.54, 1.807) is 23.7 Å². The lowest BCUT2D eigenvalue weighted by Gasteiger charge is -2.15. The van der Waals surface area contributed by atoms with Gasteiger partial charge in [0.2, 0.25) is 5.91 Å². The molecule has 2 aromatic carbocycles. The Kier molecular flexibility index (Phi) is 9.25. The number of thioether (sulfide) groups is 1. The van der Waals surface area contributed by atoms with Gasteiger partial charge in [-0.2, -0.15) is 0 Å². The van der Waals surface area contributed by atoms with Crippen molar-refractivity contribution in [3.63, 3.8) is 0 Å². The summed E-state index contributed by atoms with van der Waals surface area (Å²) in [6, 6.07) is 10.3. The second kappa shape index (κ2) is 11.7. The largest absolute Gasteiger partial charge is 0.342 e. The molecule has 0 unspecified atom stereocenters. The number of aromatic nitrogens is 3. The zero-order valence-corrected chi connectivity index (χ0v) is 23.5. The first-order valence-electron chi connectivity index (χ1n) is 10.4. The molecule has 3 rings (SSSR count). The van der Waals surface area contributed by atoms with Gasteiger partial charge in [0, 0.05) is 21.9 Å². The predicted molar refractivity (Wildman–Crippen MR) is 146 cm³/mol. The van der Waals surface area contributed by atoms with Crippen molar-refractivity contribution in [2.75, 3.05) is 11.1 Å². The second-order valence-electron chi connectivity index (χ2n) is 7.95. The lowest BCUT2D eigenvalue weighted by molar-refractivity contribution is -0.113. The fourth-order valence-electron chi connectivity index (χ4n) is 3.25. The van der Waals surface area contributed by atoms with Gasteiger partial charge in [-0.1, -0.05) is 48.8 Å². The van der Waals surface area contributed by atoms with Crippen molar-refractivity contribution in [3.8, 4) is 0 Å². The third-order valence-corrected chi connectivity index (χ3v) is 7.46. The van der Waals surface area contributed by atoms with E-state index >= 15 is 0 Å². The van der Waals surface area contributed by atoms with Crippen molar-refractivity contribution in [3.05, 3.63) is 67.0 Å². The highest BCUT2D eigenvalue weighted by atomic mass is 127. The van der Waals surface area contributed by atoms with Crippen LogP contribution in [0.25, 0.3) is 0 Å². The summed E-state index contributed by atoms with van der Waals surface area (Å²) in [4.78, 5) is 25.1. The molecule has 1 aromatic heterocycles. The van der Waals surface area contributed by atoms with Gasteiger partial charge in [0.1, 0.15) is 0 Å². The van der Waals surface area contributed by atoms with E-state index in [9.17, 15) is 9.59 Å². The smallest absolute Gasteiger partial charge is 0.251 e. The molecule has 2 amide bonds. The Morgan fingerprint density at radius 3 is 2.50 bits per heavy atom. The zero-order chi connectivity index (χ0) is 25.0. The Morgan fingerprint density at radius 2 is 1.82 bits per heavy atom. The maximum atomic E-state index is 12.6. The molecular formula is C23H24Cl2IN5O2S. The second-order valence-corrected chi connectivity index (χ2v) is 10.9. The van der Waals surface area contributed by atoms with E-state index in [4.69, 9.17) is 23.2 Å². The third kappa shape index (κ3) is 6.65. The van der Waals surface area contributed by atoms with Crippen LogP contribution >= 0.6 is 57.6 Å². The summed E-state index contributed by atoms with van der Waals surface area (Å²) >= 11 is 15.5. The minimum Gasteiger partial charge on any atom is -0.342 e. The molecule has 180 valence electrons. The third-order valence-electron chi connectivity index (χ3n) is 5.03. The summed E-state index contributed by atoms with van der Waals surface area (Å²) in [5, 5.41) is 15.5. The lowest BCUT2D eigenvalue weighted by atomic mass is 10.0. The highest BCUT2D eigenvalue weighted by Crippen LogP contribution is 2.27. The molecule has 0 fully saturated rings. The molecule has 0 aliphatic heterocycles. The van der Waals surface area contributed by atoms with Crippen LogP contribution in [0.5, 0.6) is 0 Å². The fourth-order valence-corrected chi connectivity index (χ4v) is 4.78. The van der Waals surface area contributed by atoms with Crippen LogP contribution in [-0.4, -0.2) is 32.3 Å². The van der Waals surface area contributed by atoms with Gasteiger partial charge >= 0.3 is 0 Å². The highest BCUT2D eigenvalue weighted by molar-refractivity contribution is 14.1. The topological polar surface area (TPSA) is 88.9 Å². The van der Waals surface area contributed by atoms with Crippen LogP contribution in [0.15, 0.2) is 41.6 Å². The molecule has 11 heteroatoms. The maximum Gasteiger partial charge on any atom is 0.251 e. The summed E-state index contributed by atoms with van der Waals surface area (Å²) in [5.74, 6) is 0.606. The van der Waals surface area contributed by atoms with Crippen LogP contribution in [0.2, 0.25) is 10.0 Å². The molecule has 2 N–H and O–H groups in total. The zero-order valence-electron chi connectivity index (χ0n) is 19.0. The number of halogens is 3. The monoisotopic (exact) mass is 631 g/mol. The number of rotatable bonds is 8. The van der Waals surface area contributed by atoms with Gasteiger partial charge in [-0.3, -0.25) is 9.59 Å². The van der Waals surface area contributed by atoms with Crippen molar-refractivity contribution in [2.45, 2.75) is 37.9 Å². The summed E-state index contributed by atoms with van der Waals surface area (Å²) < 4.78 is 2.89. The molecule has 0 aliphatic carbocycles. The molecule has 7 nitrogen and oxygen atoms in total. The van der Waals surface area contributed by atoms with Crippen LogP contribution in [0.4, 0.5) is 5.69 Å². The first-order valence-corrected chi connectivity index (χ1v) is 13.3. The van der Waals surface area contributed by atoms with Crippen LogP contribution in [0, 0.1) is 3.57 Å². The standard InChI is InChI=1S/C23H24Cl2IN5O2S/c1-12(2)16-10-15(26)6-8-19(16)28-20(32)11-34-23-30-29-21(31(23)4)13(3)27-22(33)14-5-7-17(24)18(25)9-14/h5-10,12-13H,11H2,1-4H3,(H,27,33)(H,28,32)/t13-/m1/s1. The molecule has 0 saturated carbocycles. The van der Waals surface area contributed by atoms with E-state index < -0.39 is 6.04 Å². The van der Waals surface area contributed by atoms with E-state index in [2.05, 4.69) is 63.3 Å². The predicted octanol–water partition coefficient (Wildman–Crippen LogP) is 6.07. The summed E-state index contributed by atoms with van der Waals surface area (Å²) in [6.45, 7) is 6.00. The quantitative estimate of drug-likeness (QED) is 0.233. The van der Waals surface area contributed by atoms with E-state index in [0.717, 1.165) is 14.8 Å². The molecule has 0 radical (unpaired) electrons. The minimum absolute atomic E-state index is 0.126. The van der Waals surface area contributed by atoms with Gasteiger partial charge in [0.25, 0.3) is 5.91 Å². The van der Waals surface area contributed by atoms with Crippen molar-refractivity contribution in [1.82, 2.24) is 20.1 Å². The number of nitrogens with one attached hydrogen (secondary N) is 2. The number of anilines is 1. The number of carbonyl (C=O) groups is 2. The van der Waals surface area contributed by atoms with Gasteiger partial charge in [-0.05, 0) is 77.4 Å². The summed E-state index contributed by atoms with van der Waals surface area (Å²) in [7, 11) is 1.80. The molecule has 0 aliphatic rings. The van der Waals surface area contributed by atoms with E-state index in [1.165, 1.54) is 17.8 Å². The van der Waals surface area contributed by atoms with Crippen molar-refractivity contribution in [2.24, 2.45) is 7.05 Å². The van der Waals surface area contributed by atoms with Crippen molar-refractivity contribution < 1.29 is 9.59 Å². The fraction of sp³-hybridized carbons (Fsp3) is 0.304. The highest BCUT2D eigenvalue weighted by Gasteiger charge is 2.20. The lowest BCUT2D eigenvalue weighted by Crippen LogP contribution is -2.28. The van der Waals surface area contributed by atoms with Gasteiger partial charge in [-0.25, -0.2) is 0 Å². The average molecular weight is 632 g/mol. The number of hydrogen-bond donors (Lipinski definition) is 2. The number of amides is 2. The molecule has 0 spiro atoms. The van der Waals surface area contributed by atoms with Crippen molar-refractivity contribution in [1.29, 1.82) is 0 Å². The van der Waals surface area contributed by atoms with E-state index in [-0.39, 0.29) is 17.6 Å². The summed E-state index contributed by atoms with van der Waals surface area (Å²) in [5.41, 5.74) is 2.31. The molecule has 0 bridgehead atoms. The van der Waals surface area contributed by atoms with Crippen LogP contribution < -0.4 is 10.6 Å². The Hall–Kier alpha value is -1.82. The van der Waals surface area contributed by atoms with Gasteiger partial charge in [0.15, 0.2) is 11.0 Å². The van der Waals surface area contributed by atoms with Crippen molar-refractivity contribution >= 4 is 75.1 Å². The normalized spacial score (nSPS) is 12.0. The van der Waals surface area contributed by atoms with Crippen LogP contribution in [0.1, 0.15) is 54.5 Å².